The average molecular weight is 1350 g/mol. The second-order valence-corrected chi connectivity index (χ2v) is 28.4. The van der Waals surface area contributed by atoms with E-state index in [9.17, 15) is 39.0 Å². The second-order valence-electron chi connectivity index (χ2n) is 28.4. The van der Waals surface area contributed by atoms with E-state index in [1.165, 1.54) is 96.6 Å². The third kappa shape index (κ3) is 25.3. The zero-order chi connectivity index (χ0) is 73.6. The summed E-state index contributed by atoms with van der Waals surface area (Å²) in [5, 5.41) is 34.5. The monoisotopic (exact) mass is 1350 g/mol. The van der Waals surface area contributed by atoms with Crippen LogP contribution in [0, 0.1) is 35.5 Å². The Kier molecular flexibility index (Phi) is 35.8. The molecule has 0 aliphatic carbocycles. The summed E-state index contributed by atoms with van der Waals surface area (Å²) >= 11 is 0. The molecule has 11 amide bonds. The molecule has 0 aromatic heterocycles. The first-order valence-corrected chi connectivity index (χ1v) is 33.7. The molecule has 27 heteroatoms. The lowest BCUT2D eigenvalue weighted by molar-refractivity contribution is -0.158. The molecule has 1 aliphatic heterocycles. The van der Waals surface area contributed by atoms with Crippen molar-refractivity contribution in [3.63, 3.8) is 0 Å². The molecule has 1 fully saturated rings. The van der Waals surface area contributed by atoms with Gasteiger partial charge in [-0.25, -0.2) is 4.79 Å². The predicted octanol–water partition coefficient (Wildman–Crippen LogP) is 2.72. The van der Waals surface area contributed by atoms with Gasteiger partial charge in [-0.15, -0.1) is 0 Å². The standard InChI is InChI=1S/C68H121N11O16/c1-26-29-30-43(14)56(81)55-60(85)71-46(27-2)62(87)77(23)51(36-94-37-52(80)95-28-3)65(90)76(22)50(35-68(17,18)93)59(84)72-53(41(10)11)66(91)73(19)47(32-31-38(4)5)58(83)69-44(15)57(82)70-45(16)61(86)74(20)48(33-39(6)7)63(88)75(21)49(34-40(8)9)64(89)78(24)54(42(12)13)67(92)79(55)25/h26,29,38-51,53-56,81,93H,27-28,30-37H2,1-25H3,(H,69,83)(H,70,82)(H,71,85)(H,72,84)/b29-26+/t43-,44-,45+,46+,47-,48+,49+,50+,51-,53-,54+,55+,56-/m1/s1. The van der Waals surface area contributed by atoms with Gasteiger partial charge >= 0.3 is 5.97 Å². The van der Waals surface area contributed by atoms with E-state index in [1.807, 2.05) is 41.5 Å². The Labute approximate surface area is 566 Å². The van der Waals surface area contributed by atoms with Gasteiger partial charge < -0.3 is 75.3 Å². The third-order valence-electron chi connectivity index (χ3n) is 17.5. The van der Waals surface area contributed by atoms with E-state index in [0.717, 1.165) is 14.7 Å². The Morgan fingerprint density at radius 2 is 1.00 bits per heavy atom. The number of amides is 11. The minimum Gasteiger partial charge on any atom is -0.464 e. The zero-order valence-electron chi connectivity index (χ0n) is 61.9. The van der Waals surface area contributed by atoms with Crippen LogP contribution in [0.5, 0.6) is 0 Å². The highest BCUT2D eigenvalue weighted by molar-refractivity contribution is 6.00. The molecule has 0 radical (unpaired) electrons. The summed E-state index contributed by atoms with van der Waals surface area (Å²) in [4.78, 5) is 184. The van der Waals surface area contributed by atoms with Crippen LogP contribution in [0.2, 0.25) is 0 Å². The maximum Gasteiger partial charge on any atom is 0.332 e. The molecule has 0 spiro atoms. The van der Waals surface area contributed by atoms with Crippen LogP contribution in [-0.2, 0) is 67.0 Å². The molecule has 0 aromatic carbocycles. The number of nitrogens with zero attached hydrogens (tertiary/aromatic N) is 7. The van der Waals surface area contributed by atoms with Crippen molar-refractivity contribution in [1.82, 2.24) is 55.6 Å². The van der Waals surface area contributed by atoms with Crippen LogP contribution >= 0.6 is 0 Å². The van der Waals surface area contributed by atoms with Crippen molar-refractivity contribution in [3.8, 4) is 0 Å². The van der Waals surface area contributed by atoms with Gasteiger partial charge in [-0.1, -0.05) is 95.2 Å². The van der Waals surface area contributed by atoms with Crippen LogP contribution in [0.4, 0.5) is 0 Å². The van der Waals surface area contributed by atoms with Crippen molar-refractivity contribution in [1.29, 1.82) is 0 Å². The fraction of sp³-hybridized carbons (Fsp3) is 0.794. The highest BCUT2D eigenvalue weighted by Crippen LogP contribution is 2.26. The van der Waals surface area contributed by atoms with Gasteiger partial charge in [0.05, 0.1) is 24.9 Å². The van der Waals surface area contributed by atoms with Crippen molar-refractivity contribution in [3.05, 3.63) is 12.2 Å². The first-order chi connectivity index (χ1) is 43.9. The fourth-order valence-corrected chi connectivity index (χ4v) is 11.5. The molecule has 1 heterocycles. The van der Waals surface area contributed by atoms with E-state index in [0.29, 0.717) is 6.42 Å². The lowest BCUT2D eigenvalue weighted by Crippen LogP contribution is -2.64. The Hall–Kier alpha value is -6.74. The molecule has 1 rings (SSSR count). The number of esters is 1. The van der Waals surface area contributed by atoms with Crippen LogP contribution in [0.15, 0.2) is 12.2 Å². The van der Waals surface area contributed by atoms with Gasteiger partial charge in [-0.3, -0.25) is 52.7 Å². The van der Waals surface area contributed by atoms with Gasteiger partial charge in [0.1, 0.15) is 73.1 Å². The van der Waals surface area contributed by atoms with Crippen molar-refractivity contribution >= 4 is 70.9 Å². The van der Waals surface area contributed by atoms with Crippen LogP contribution in [-0.4, -0.2) is 263 Å². The number of carbonyl (C=O) groups is 12. The minimum absolute atomic E-state index is 0.00658. The number of aliphatic hydroxyl groups excluding tert-OH is 1. The van der Waals surface area contributed by atoms with Crippen LogP contribution in [0.25, 0.3) is 0 Å². The summed E-state index contributed by atoms with van der Waals surface area (Å²) < 4.78 is 10.8. The molecule has 544 valence electrons. The molecule has 0 aromatic rings. The van der Waals surface area contributed by atoms with E-state index in [1.54, 1.807) is 67.5 Å². The highest BCUT2D eigenvalue weighted by atomic mass is 16.6. The fourth-order valence-electron chi connectivity index (χ4n) is 11.5. The van der Waals surface area contributed by atoms with Crippen LogP contribution in [0.3, 0.4) is 0 Å². The highest BCUT2D eigenvalue weighted by Gasteiger charge is 2.47. The summed E-state index contributed by atoms with van der Waals surface area (Å²) in [5.41, 5.74) is -1.67. The Bertz CT molecular complexity index is 2630. The number of likely N-dealkylation sites (N-methyl/N-ethyl adjacent to an activating group) is 7. The first kappa shape index (κ1) is 86.3. The first-order valence-electron chi connectivity index (χ1n) is 33.7. The minimum atomic E-state index is -1.73. The smallest absolute Gasteiger partial charge is 0.332 e. The molecule has 27 nitrogen and oxygen atoms in total. The molecule has 0 bridgehead atoms. The molecular weight excluding hydrogens is 1230 g/mol. The number of carbonyl (C=O) groups excluding carboxylic acids is 12. The summed E-state index contributed by atoms with van der Waals surface area (Å²) in [6.45, 7) is 28.8. The van der Waals surface area contributed by atoms with Gasteiger partial charge in [-0.05, 0) is 116 Å². The van der Waals surface area contributed by atoms with Gasteiger partial charge in [0.25, 0.3) is 0 Å². The summed E-state index contributed by atoms with van der Waals surface area (Å²) in [7, 11) is 9.43. The molecular formula is C68H121N11O16. The maximum atomic E-state index is 15.3. The molecule has 95 heavy (non-hydrogen) atoms. The van der Waals surface area contributed by atoms with E-state index in [-0.39, 0.29) is 56.5 Å². The summed E-state index contributed by atoms with van der Waals surface area (Å²) in [5.74, 6) is -11.8. The van der Waals surface area contributed by atoms with Crippen LogP contribution in [0.1, 0.15) is 170 Å². The topological polar surface area (TPSA) is 335 Å². The Morgan fingerprint density at radius 1 is 0.537 bits per heavy atom. The molecule has 1 saturated heterocycles. The number of aliphatic hydroxyl groups is 2. The van der Waals surface area contributed by atoms with Crippen molar-refractivity contribution in [2.75, 3.05) is 69.2 Å². The predicted molar refractivity (Wildman–Crippen MR) is 361 cm³/mol. The van der Waals surface area contributed by atoms with Gasteiger partial charge in [0.2, 0.25) is 65.0 Å². The number of allylic oxidation sites excluding steroid dienone is 2. The van der Waals surface area contributed by atoms with Crippen molar-refractivity contribution in [2.24, 2.45) is 35.5 Å². The van der Waals surface area contributed by atoms with E-state index < -0.39 is 187 Å². The summed E-state index contributed by atoms with van der Waals surface area (Å²) in [6, 6.07) is -15.3. The third-order valence-corrected chi connectivity index (χ3v) is 17.5. The van der Waals surface area contributed by atoms with Gasteiger partial charge in [-0.2, -0.15) is 0 Å². The second kappa shape index (κ2) is 39.5. The van der Waals surface area contributed by atoms with Crippen LogP contribution < -0.4 is 21.3 Å². The molecule has 13 atom stereocenters. The van der Waals surface area contributed by atoms with E-state index in [4.69, 9.17) is 9.47 Å². The number of hydrogen-bond acceptors (Lipinski definition) is 16. The molecule has 0 saturated carbocycles. The molecule has 1 aliphatic rings. The normalized spacial score (nSPS) is 26.2. The molecule has 0 unspecified atom stereocenters. The lowest BCUT2D eigenvalue weighted by atomic mass is 9.91. The largest absolute Gasteiger partial charge is 0.464 e. The van der Waals surface area contributed by atoms with Gasteiger partial charge in [0.15, 0.2) is 0 Å². The Balaban J connectivity index is 4.60. The van der Waals surface area contributed by atoms with Crippen molar-refractivity contribution in [2.45, 2.75) is 248 Å². The van der Waals surface area contributed by atoms with Crippen molar-refractivity contribution < 1.29 is 77.2 Å². The zero-order valence-corrected chi connectivity index (χ0v) is 61.9. The number of ether oxygens (including phenoxy) is 2. The maximum absolute atomic E-state index is 15.3. The van der Waals surface area contributed by atoms with E-state index in [2.05, 4.69) is 21.3 Å². The number of hydrogen-bond donors (Lipinski definition) is 6. The number of rotatable bonds is 21. The molecule has 6 N–H and O–H groups in total. The summed E-state index contributed by atoms with van der Waals surface area (Å²) in [6.07, 6.45) is 2.38. The number of nitrogens with one attached hydrogen (secondary N) is 4. The van der Waals surface area contributed by atoms with E-state index >= 15 is 28.8 Å². The lowest BCUT2D eigenvalue weighted by Gasteiger charge is -2.41. The average Bonchev–Trinajstić information content (AvgIpc) is 0.813. The SMILES string of the molecule is C/C=C/C[C@@H](C)[C@@H](O)[C@H]1C(=O)N[C@@H](CC)C(=O)N(C)[C@H](COCC(=O)OCC)C(=O)N(C)[C@@H](CC(C)(C)O)C(=O)N[C@H](C(C)C)C(=O)N(C)[C@H](CCC(C)C)C(=O)N[C@H](C)C(=O)N[C@@H](C)C(=O)N(C)[C@@H](CC(C)C)C(=O)N(C)[C@@H](CC(C)C)C(=O)N(C)[C@@H](C(C)C)C(=O)N1C. The van der Waals surface area contributed by atoms with Gasteiger partial charge in [0, 0.05) is 55.8 Å². The Morgan fingerprint density at radius 3 is 1.47 bits per heavy atom. The quantitative estimate of drug-likeness (QED) is 0.0711.